The van der Waals surface area contributed by atoms with Crippen molar-refractivity contribution in [3.05, 3.63) is 10.6 Å². The van der Waals surface area contributed by atoms with Gasteiger partial charge in [-0.25, -0.2) is 0 Å². The van der Waals surface area contributed by atoms with E-state index in [1.807, 2.05) is 4.90 Å². The normalized spacial score (nSPS) is 26.6. The molecule has 0 spiro atoms. The van der Waals surface area contributed by atoms with Crippen LogP contribution in [0.1, 0.15) is 55.4 Å². The predicted octanol–water partition coefficient (Wildman–Crippen LogP) is 1.80. The molecule has 1 N–H and O–H groups in total. The van der Waals surface area contributed by atoms with Gasteiger partial charge in [0.05, 0.1) is 5.69 Å². The van der Waals surface area contributed by atoms with E-state index in [9.17, 15) is 4.79 Å². The third-order valence-corrected chi connectivity index (χ3v) is 4.92. The summed E-state index contributed by atoms with van der Waals surface area (Å²) < 4.78 is 4.00. The quantitative estimate of drug-likeness (QED) is 0.858. The number of rotatable bonds is 1. The lowest BCUT2D eigenvalue weighted by Crippen LogP contribution is -2.39. The van der Waals surface area contributed by atoms with Gasteiger partial charge in [-0.2, -0.15) is 0 Å². The van der Waals surface area contributed by atoms with Crippen LogP contribution in [0, 0.1) is 0 Å². The lowest BCUT2D eigenvalue weighted by atomic mass is 9.91. The van der Waals surface area contributed by atoms with Crippen molar-refractivity contribution >= 4 is 17.4 Å². The van der Waals surface area contributed by atoms with Gasteiger partial charge in [0.2, 0.25) is 0 Å². The molecule has 0 radical (unpaired) electrons. The number of aromatic nitrogens is 2. The molecule has 2 aliphatic heterocycles. The van der Waals surface area contributed by atoms with Crippen LogP contribution in [0.5, 0.6) is 0 Å². The highest BCUT2D eigenvalue weighted by molar-refractivity contribution is 7.08. The van der Waals surface area contributed by atoms with E-state index in [1.165, 1.54) is 24.4 Å². The Bertz CT molecular complexity index is 508. The highest BCUT2D eigenvalue weighted by Gasteiger charge is 2.34. The third kappa shape index (κ3) is 2.59. The monoisotopic (exact) mass is 294 g/mol. The third-order valence-electron chi connectivity index (χ3n) is 4.20. The van der Waals surface area contributed by atoms with Crippen LogP contribution in [0.15, 0.2) is 0 Å². The standard InChI is InChI=1S/C14H22N4OS/c1-14(2,3)12-11(20-17-16-12)13(19)18-7-6-9-4-5-10(8-18)15-9/h9-10,15H,4-8H2,1-3H3. The van der Waals surface area contributed by atoms with E-state index in [0.717, 1.165) is 30.1 Å². The Morgan fingerprint density at radius 2 is 2.05 bits per heavy atom. The van der Waals surface area contributed by atoms with Crippen molar-refractivity contribution in [2.45, 2.75) is 57.5 Å². The highest BCUT2D eigenvalue weighted by Crippen LogP contribution is 2.28. The molecular weight excluding hydrogens is 272 g/mol. The van der Waals surface area contributed by atoms with Gasteiger partial charge in [-0.15, -0.1) is 5.10 Å². The zero-order valence-corrected chi connectivity index (χ0v) is 13.2. The Labute approximate surface area is 123 Å². The van der Waals surface area contributed by atoms with Crippen molar-refractivity contribution in [2.75, 3.05) is 13.1 Å². The Hall–Kier alpha value is -1.01. The Morgan fingerprint density at radius 1 is 1.30 bits per heavy atom. The minimum absolute atomic E-state index is 0.110. The van der Waals surface area contributed by atoms with E-state index in [1.54, 1.807) is 0 Å². The fourth-order valence-electron chi connectivity index (χ4n) is 3.09. The van der Waals surface area contributed by atoms with Crippen molar-refractivity contribution in [1.82, 2.24) is 19.8 Å². The molecule has 1 aromatic rings. The van der Waals surface area contributed by atoms with Gasteiger partial charge in [0.25, 0.3) is 5.91 Å². The molecule has 2 fully saturated rings. The predicted molar refractivity (Wildman–Crippen MR) is 79.1 cm³/mol. The summed E-state index contributed by atoms with van der Waals surface area (Å²) in [7, 11) is 0. The SMILES string of the molecule is CC(C)(C)c1nnsc1C(=O)N1CCC2CCC(C1)N2. The average Bonchev–Trinajstić information content (AvgIpc) is 2.94. The summed E-state index contributed by atoms with van der Waals surface area (Å²) in [5.74, 6) is 0.110. The summed E-state index contributed by atoms with van der Waals surface area (Å²) in [6.07, 6.45) is 3.49. The maximum Gasteiger partial charge on any atom is 0.267 e. The molecule has 3 rings (SSSR count). The molecule has 0 saturated carbocycles. The number of likely N-dealkylation sites (tertiary alicyclic amines) is 1. The number of hydrogen-bond donors (Lipinski definition) is 1. The van der Waals surface area contributed by atoms with Crippen molar-refractivity contribution in [1.29, 1.82) is 0 Å². The first-order chi connectivity index (χ1) is 9.45. The topological polar surface area (TPSA) is 58.1 Å². The molecule has 1 aromatic heterocycles. The van der Waals surface area contributed by atoms with Gasteiger partial charge in [-0.1, -0.05) is 25.3 Å². The summed E-state index contributed by atoms with van der Waals surface area (Å²) >= 11 is 1.23. The van der Waals surface area contributed by atoms with Gasteiger partial charge in [0, 0.05) is 30.6 Å². The van der Waals surface area contributed by atoms with Gasteiger partial charge in [0.15, 0.2) is 0 Å². The van der Waals surface area contributed by atoms with E-state index < -0.39 is 0 Å². The molecule has 2 atom stereocenters. The largest absolute Gasteiger partial charge is 0.336 e. The van der Waals surface area contributed by atoms with Gasteiger partial charge in [0.1, 0.15) is 4.88 Å². The lowest BCUT2D eigenvalue weighted by molar-refractivity contribution is 0.0750. The lowest BCUT2D eigenvalue weighted by Gasteiger charge is -2.25. The van der Waals surface area contributed by atoms with E-state index in [4.69, 9.17) is 0 Å². The summed E-state index contributed by atoms with van der Waals surface area (Å²) in [6, 6.07) is 1.06. The minimum Gasteiger partial charge on any atom is -0.336 e. The fourth-order valence-corrected chi connectivity index (χ4v) is 3.94. The van der Waals surface area contributed by atoms with Crippen molar-refractivity contribution in [3.8, 4) is 0 Å². The smallest absolute Gasteiger partial charge is 0.267 e. The number of nitrogens with zero attached hydrogens (tertiary/aromatic N) is 3. The fraction of sp³-hybridized carbons (Fsp3) is 0.786. The van der Waals surface area contributed by atoms with Crippen LogP contribution < -0.4 is 5.32 Å². The van der Waals surface area contributed by atoms with Gasteiger partial charge in [-0.3, -0.25) is 4.79 Å². The summed E-state index contributed by atoms with van der Waals surface area (Å²) in [5.41, 5.74) is 0.691. The number of hydrogen-bond acceptors (Lipinski definition) is 5. The molecule has 6 heteroatoms. The highest BCUT2D eigenvalue weighted by atomic mass is 32.1. The average molecular weight is 294 g/mol. The summed E-state index contributed by atoms with van der Waals surface area (Å²) in [6.45, 7) is 7.89. The number of amides is 1. The molecule has 5 nitrogen and oxygen atoms in total. The van der Waals surface area contributed by atoms with Crippen molar-refractivity contribution in [3.63, 3.8) is 0 Å². The second kappa shape index (κ2) is 5.07. The van der Waals surface area contributed by atoms with Crippen molar-refractivity contribution < 1.29 is 4.79 Å². The molecule has 2 bridgehead atoms. The van der Waals surface area contributed by atoms with Crippen LogP contribution in [0.25, 0.3) is 0 Å². The first kappa shape index (κ1) is 13.9. The van der Waals surface area contributed by atoms with E-state index in [0.29, 0.717) is 12.1 Å². The summed E-state index contributed by atoms with van der Waals surface area (Å²) in [5, 5.41) is 7.79. The second-order valence-corrected chi connectivity index (χ2v) is 7.63. The van der Waals surface area contributed by atoms with Gasteiger partial charge < -0.3 is 10.2 Å². The van der Waals surface area contributed by atoms with E-state index >= 15 is 0 Å². The van der Waals surface area contributed by atoms with Gasteiger partial charge in [-0.05, 0) is 30.8 Å². The van der Waals surface area contributed by atoms with Crippen LogP contribution in [0.4, 0.5) is 0 Å². The van der Waals surface area contributed by atoms with Crippen LogP contribution in [-0.4, -0.2) is 45.6 Å². The first-order valence-electron chi connectivity index (χ1n) is 7.33. The van der Waals surface area contributed by atoms with E-state index in [-0.39, 0.29) is 11.3 Å². The molecule has 0 aliphatic carbocycles. The number of carbonyl (C=O) groups excluding carboxylic acids is 1. The summed E-state index contributed by atoms with van der Waals surface area (Å²) in [4.78, 5) is 15.5. The van der Waals surface area contributed by atoms with Crippen LogP contribution in [-0.2, 0) is 5.41 Å². The number of fused-ring (bicyclic) bond motifs is 2. The number of nitrogens with one attached hydrogen (secondary N) is 1. The van der Waals surface area contributed by atoms with Crippen molar-refractivity contribution in [2.24, 2.45) is 0 Å². The molecule has 0 aromatic carbocycles. The van der Waals surface area contributed by atoms with Gasteiger partial charge >= 0.3 is 0 Å². The van der Waals surface area contributed by atoms with E-state index in [2.05, 4.69) is 35.7 Å². The van der Waals surface area contributed by atoms with Crippen LogP contribution in [0.2, 0.25) is 0 Å². The Kier molecular flexibility index (Phi) is 3.54. The zero-order valence-electron chi connectivity index (χ0n) is 12.3. The first-order valence-corrected chi connectivity index (χ1v) is 8.10. The molecule has 110 valence electrons. The Balaban J connectivity index is 1.81. The minimum atomic E-state index is -0.138. The van der Waals surface area contributed by atoms with Crippen LogP contribution in [0.3, 0.4) is 0 Å². The zero-order chi connectivity index (χ0) is 14.3. The van der Waals surface area contributed by atoms with Crippen LogP contribution >= 0.6 is 11.5 Å². The second-order valence-electron chi connectivity index (χ2n) is 6.88. The Morgan fingerprint density at radius 3 is 2.80 bits per heavy atom. The molecule has 2 unspecified atom stereocenters. The molecular formula is C14H22N4OS. The maximum atomic E-state index is 12.8. The molecule has 20 heavy (non-hydrogen) atoms. The number of carbonyl (C=O) groups is 1. The molecule has 3 heterocycles. The molecule has 2 saturated heterocycles. The molecule has 2 aliphatic rings. The molecule has 1 amide bonds. The maximum absolute atomic E-state index is 12.8.